The third-order valence-electron chi connectivity index (χ3n) is 3.84. The van der Waals surface area contributed by atoms with E-state index in [1.807, 2.05) is 11.8 Å². The van der Waals surface area contributed by atoms with Crippen LogP contribution in [0.2, 0.25) is 0 Å². The summed E-state index contributed by atoms with van der Waals surface area (Å²) in [6.07, 6.45) is 5.89. The molecule has 0 radical (unpaired) electrons. The van der Waals surface area contributed by atoms with Crippen LogP contribution >= 0.6 is 24.2 Å². The van der Waals surface area contributed by atoms with Crippen LogP contribution in [-0.4, -0.2) is 37.0 Å². The molecule has 2 aliphatic heterocycles. The molecule has 2 saturated heterocycles. The van der Waals surface area contributed by atoms with E-state index in [-0.39, 0.29) is 12.4 Å². The normalized spacial score (nSPS) is 25.2. The van der Waals surface area contributed by atoms with Crippen molar-refractivity contribution in [1.29, 1.82) is 0 Å². The Labute approximate surface area is 121 Å². The second kappa shape index (κ2) is 9.05. The van der Waals surface area contributed by atoms with Crippen molar-refractivity contribution in [2.24, 2.45) is 11.8 Å². The number of hydrogen-bond acceptors (Lipinski definition) is 3. The van der Waals surface area contributed by atoms with Crippen LogP contribution in [-0.2, 0) is 4.79 Å². The van der Waals surface area contributed by atoms with Crippen molar-refractivity contribution in [3.8, 4) is 0 Å². The highest BCUT2D eigenvalue weighted by Crippen LogP contribution is 2.22. The fourth-order valence-corrected chi connectivity index (χ4v) is 3.78. The van der Waals surface area contributed by atoms with Gasteiger partial charge in [0.05, 0.1) is 0 Å². The van der Waals surface area contributed by atoms with E-state index in [0.717, 1.165) is 49.8 Å². The second-order valence-corrected chi connectivity index (χ2v) is 6.40. The Morgan fingerprint density at radius 3 is 2.72 bits per heavy atom. The van der Waals surface area contributed by atoms with Gasteiger partial charge in [-0.1, -0.05) is 0 Å². The lowest BCUT2D eigenvalue weighted by Crippen LogP contribution is -2.36. The van der Waals surface area contributed by atoms with Gasteiger partial charge in [0.1, 0.15) is 0 Å². The minimum atomic E-state index is 0. The molecule has 2 heterocycles. The van der Waals surface area contributed by atoms with E-state index in [9.17, 15) is 4.79 Å². The molecule has 0 aliphatic carbocycles. The van der Waals surface area contributed by atoms with Crippen LogP contribution < -0.4 is 10.6 Å². The summed E-state index contributed by atoms with van der Waals surface area (Å²) >= 11 is 1.97. The zero-order valence-electron chi connectivity index (χ0n) is 11.0. The second-order valence-electron chi connectivity index (χ2n) is 5.18. The average molecular weight is 293 g/mol. The van der Waals surface area contributed by atoms with Gasteiger partial charge in [-0.15, -0.1) is 12.4 Å². The lowest BCUT2D eigenvalue weighted by Gasteiger charge is -2.24. The first-order valence-electron chi connectivity index (χ1n) is 6.92. The number of piperidine rings is 1. The molecule has 2 fully saturated rings. The monoisotopic (exact) mass is 292 g/mol. The van der Waals surface area contributed by atoms with E-state index in [2.05, 4.69) is 10.6 Å². The van der Waals surface area contributed by atoms with Crippen LogP contribution in [0.3, 0.4) is 0 Å². The summed E-state index contributed by atoms with van der Waals surface area (Å²) in [5.41, 5.74) is 0. The van der Waals surface area contributed by atoms with Crippen LogP contribution in [0.15, 0.2) is 0 Å². The molecule has 106 valence electrons. The Hall–Kier alpha value is 0.0700. The summed E-state index contributed by atoms with van der Waals surface area (Å²) in [6, 6.07) is 0. The Bertz CT molecular complexity index is 241. The number of thioether (sulfide) groups is 1. The average Bonchev–Trinajstić information content (AvgIpc) is 2.41. The smallest absolute Gasteiger partial charge is 0.223 e. The van der Waals surface area contributed by atoms with E-state index in [0.29, 0.717) is 11.8 Å². The Kier molecular flexibility index (Phi) is 8.11. The van der Waals surface area contributed by atoms with E-state index < -0.39 is 0 Å². The molecule has 5 heteroatoms. The molecule has 1 unspecified atom stereocenters. The molecule has 0 spiro atoms. The molecule has 0 aromatic rings. The topological polar surface area (TPSA) is 41.1 Å². The third kappa shape index (κ3) is 5.37. The molecule has 2 rings (SSSR count). The summed E-state index contributed by atoms with van der Waals surface area (Å²) in [7, 11) is 0. The standard InChI is InChI=1S/C13H24N2OS.ClH/c16-13(12-4-8-17-9-5-12)15-7-3-11-2-1-6-14-10-11;/h11-12,14H,1-10H2,(H,15,16);1H. The first kappa shape index (κ1) is 16.1. The van der Waals surface area contributed by atoms with Gasteiger partial charge in [-0.3, -0.25) is 4.79 Å². The molecule has 2 aliphatic rings. The fraction of sp³-hybridized carbons (Fsp3) is 0.923. The highest BCUT2D eigenvalue weighted by Gasteiger charge is 2.21. The summed E-state index contributed by atoms with van der Waals surface area (Å²) in [5, 5.41) is 6.54. The van der Waals surface area contributed by atoms with Gasteiger partial charge >= 0.3 is 0 Å². The number of amides is 1. The highest BCUT2D eigenvalue weighted by molar-refractivity contribution is 7.99. The molecular formula is C13H25ClN2OS. The maximum atomic E-state index is 11.9. The van der Waals surface area contributed by atoms with Crippen molar-refractivity contribution >= 4 is 30.1 Å². The van der Waals surface area contributed by atoms with Crippen molar-refractivity contribution in [1.82, 2.24) is 10.6 Å². The van der Waals surface area contributed by atoms with Crippen LogP contribution in [0.1, 0.15) is 32.1 Å². The van der Waals surface area contributed by atoms with E-state index in [1.165, 1.54) is 19.4 Å². The molecule has 18 heavy (non-hydrogen) atoms. The fourth-order valence-electron chi connectivity index (χ4n) is 2.67. The number of rotatable bonds is 4. The summed E-state index contributed by atoms with van der Waals surface area (Å²) < 4.78 is 0. The van der Waals surface area contributed by atoms with Crippen LogP contribution in [0, 0.1) is 11.8 Å². The molecule has 1 atom stereocenters. The summed E-state index contributed by atoms with van der Waals surface area (Å²) in [6.45, 7) is 3.17. The van der Waals surface area contributed by atoms with Crippen molar-refractivity contribution in [2.45, 2.75) is 32.1 Å². The maximum absolute atomic E-state index is 11.9. The van der Waals surface area contributed by atoms with E-state index in [4.69, 9.17) is 0 Å². The number of halogens is 1. The van der Waals surface area contributed by atoms with E-state index in [1.54, 1.807) is 0 Å². The first-order valence-corrected chi connectivity index (χ1v) is 8.08. The van der Waals surface area contributed by atoms with E-state index >= 15 is 0 Å². The Morgan fingerprint density at radius 2 is 2.06 bits per heavy atom. The van der Waals surface area contributed by atoms with Crippen molar-refractivity contribution in [2.75, 3.05) is 31.1 Å². The van der Waals surface area contributed by atoms with Gasteiger partial charge < -0.3 is 10.6 Å². The zero-order valence-corrected chi connectivity index (χ0v) is 12.6. The van der Waals surface area contributed by atoms with Gasteiger partial charge in [-0.2, -0.15) is 11.8 Å². The summed E-state index contributed by atoms with van der Waals surface area (Å²) in [5.74, 6) is 3.68. The lowest BCUT2D eigenvalue weighted by molar-refractivity contribution is -0.125. The molecule has 3 nitrogen and oxygen atoms in total. The van der Waals surface area contributed by atoms with Crippen molar-refractivity contribution in [3.05, 3.63) is 0 Å². The molecule has 0 aromatic heterocycles. The van der Waals surface area contributed by atoms with Gasteiger partial charge in [0.2, 0.25) is 5.91 Å². The SMILES string of the molecule is Cl.O=C(NCCC1CCCNC1)C1CCSCC1. The zero-order chi connectivity index (χ0) is 11.9. The van der Waals surface area contributed by atoms with Gasteiger partial charge in [-0.25, -0.2) is 0 Å². The quantitative estimate of drug-likeness (QED) is 0.833. The largest absolute Gasteiger partial charge is 0.356 e. The third-order valence-corrected chi connectivity index (χ3v) is 4.89. The summed E-state index contributed by atoms with van der Waals surface area (Å²) in [4.78, 5) is 11.9. The predicted molar refractivity (Wildman–Crippen MR) is 80.5 cm³/mol. The van der Waals surface area contributed by atoms with Crippen molar-refractivity contribution < 1.29 is 4.79 Å². The van der Waals surface area contributed by atoms with Crippen LogP contribution in [0.4, 0.5) is 0 Å². The van der Waals surface area contributed by atoms with Gasteiger partial charge in [0.15, 0.2) is 0 Å². The number of hydrogen-bond donors (Lipinski definition) is 2. The van der Waals surface area contributed by atoms with Crippen LogP contribution in [0.5, 0.6) is 0 Å². The highest BCUT2D eigenvalue weighted by atomic mass is 35.5. The first-order chi connectivity index (χ1) is 8.36. The predicted octanol–water partition coefficient (Wildman–Crippen LogP) is 2.06. The Morgan fingerprint density at radius 1 is 1.28 bits per heavy atom. The molecule has 0 aromatic carbocycles. The van der Waals surface area contributed by atoms with Crippen LogP contribution in [0.25, 0.3) is 0 Å². The number of carbonyl (C=O) groups excluding carboxylic acids is 1. The molecule has 0 bridgehead atoms. The molecular weight excluding hydrogens is 268 g/mol. The lowest BCUT2D eigenvalue weighted by atomic mass is 9.96. The van der Waals surface area contributed by atoms with Gasteiger partial charge in [-0.05, 0) is 62.6 Å². The van der Waals surface area contributed by atoms with Crippen molar-refractivity contribution in [3.63, 3.8) is 0 Å². The minimum absolute atomic E-state index is 0. The Balaban J connectivity index is 0.00000162. The number of carbonyl (C=O) groups is 1. The minimum Gasteiger partial charge on any atom is -0.356 e. The van der Waals surface area contributed by atoms with Gasteiger partial charge in [0, 0.05) is 12.5 Å². The van der Waals surface area contributed by atoms with Gasteiger partial charge in [0.25, 0.3) is 0 Å². The molecule has 1 amide bonds. The maximum Gasteiger partial charge on any atom is 0.223 e. The molecule has 0 saturated carbocycles. The molecule has 2 N–H and O–H groups in total. The number of nitrogens with one attached hydrogen (secondary N) is 2.